The van der Waals surface area contributed by atoms with Crippen LogP contribution in [0.25, 0.3) is 0 Å². The predicted molar refractivity (Wildman–Crippen MR) is 68.9 cm³/mol. The molecule has 1 fully saturated rings. The maximum absolute atomic E-state index is 13.8. The normalized spacial score (nSPS) is 18.6. The van der Waals surface area contributed by atoms with Crippen molar-refractivity contribution in [2.75, 3.05) is 0 Å². The van der Waals surface area contributed by atoms with Gasteiger partial charge >= 0.3 is 0 Å². The van der Waals surface area contributed by atoms with Crippen molar-refractivity contribution in [2.24, 2.45) is 0 Å². The number of amides is 3. The van der Waals surface area contributed by atoms with E-state index in [1.807, 2.05) is 0 Å². The molecular weight excluding hydrogens is 263 g/mol. The number of benzene rings is 1. The summed E-state index contributed by atoms with van der Waals surface area (Å²) in [6, 6.07) is 3.91. The summed E-state index contributed by atoms with van der Waals surface area (Å²) in [6.07, 6.45) is 0.958. The summed E-state index contributed by atoms with van der Waals surface area (Å²) in [7, 11) is 0. The van der Waals surface area contributed by atoms with Crippen LogP contribution in [0.1, 0.15) is 24.0 Å². The molecule has 3 amide bonds. The summed E-state index contributed by atoms with van der Waals surface area (Å²) in [5, 5.41) is 2.19. The number of nitrogens with one attached hydrogen (secondary N) is 1. The lowest BCUT2D eigenvalue weighted by molar-refractivity contribution is -0.141. The zero-order valence-corrected chi connectivity index (χ0v) is 11.1. The van der Waals surface area contributed by atoms with Gasteiger partial charge in [0.2, 0.25) is 18.2 Å². The van der Waals surface area contributed by atoms with Gasteiger partial charge in [0.05, 0.1) is 0 Å². The highest BCUT2D eigenvalue weighted by Gasteiger charge is 2.31. The molecular formula is C14H15FN2O3. The molecule has 0 radical (unpaired) electrons. The Morgan fingerprint density at radius 1 is 1.45 bits per heavy atom. The van der Waals surface area contributed by atoms with Crippen molar-refractivity contribution in [2.45, 2.75) is 32.4 Å². The van der Waals surface area contributed by atoms with E-state index in [1.165, 1.54) is 11.0 Å². The molecule has 1 N–H and O–H groups in total. The average molecular weight is 278 g/mol. The molecule has 0 spiro atoms. The van der Waals surface area contributed by atoms with E-state index in [1.54, 1.807) is 19.1 Å². The number of aryl methyl sites for hydroxylation is 1. The Bertz CT molecular complexity index is 539. The lowest BCUT2D eigenvalue weighted by Crippen LogP contribution is -2.51. The maximum atomic E-state index is 13.8. The SMILES string of the molecule is Cc1cccc(F)c1CN(C=O)C1CCC(=O)NC1=O. The molecule has 6 heteroatoms. The first kappa shape index (κ1) is 14.2. The van der Waals surface area contributed by atoms with Crippen molar-refractivity contribution in [3.8, 4) is 0 Å². The zero-order valence-electron chi connectivity index (χ0n) is 11.1. The Hall–Kier alpha value is -2.24. The van der Waals surface area contributed by atoms with Crippen molar-refractivity contribution in [1.29, 1.82) is 0 Å². The summed E-state index contributed by atoms with van der Waals surface area (Å²) < 4.78 is 13.8. The molecule has 1 atom stereocenters. The van der Waals surface area contributed by atoms with Crippen LogP contribution in [0.4, 0.5) is 4.39 Å². The Morgan fingerprint density at radius 3 is 2.80 bits per heavy atom. The minimum atomic E-state index is -0.732. The Kier molecular flexibility index (Phi) is 4.12. The van der Waals surface area contributed by atoms with Crippen molar-refractivity contribution in [3.05, 3.63) is 35.1 Å². The van der Waals surface area contributed by atoms with Crippen LogP contribution in [-0.4, -0.2) is 29.2 Å². The number of imide groups is 1. The Morgan fingerprint density at radius 2 is 2.20 bits per heavy atom. The molecule has 1 heterocycles. The summed E-state index contributed by atoms with van der Waals surface area (Å²) in [4.78, 5) is 35.3. The fraction of sp³-hybridized carbons (Fsp3) is 0.357. The smallest absolute Gasteiger partial charge is 0.249 e. The van der Waals surface area contributed by atoms with E-state index >= 15 is 0 Å². The highest BCUT2D eigenvalue weighted by atomic mass is 19.1. The van der Waals surface area contributed by atoms with Crippen molar-refractivity contribution in [1.82, 2.24) is 10.2 Å². The number of rotatable bonds is 4. The number of carbonyl (C=O) groups excluding carboxylic acids is 3. The van der Waals surface area contributed by atoms with Crippen molar-refractivity contribution < 1.29 is 18.8 Å². The number of nitrogens with zero attached hydrogens (tertiary/aromatic N) is 1. The zero-order chi connectivity index (χ0) is 14.7. The van der Waals surface area contributed by atoms with Crippen molar-refractivity contribution >= 4 is 18.2 Å². The highest BCUT2D eigenvalue weighted by molar-refractivity contribution is 6.00. The van der Waals surface area contributed by atoms with E-state index in [0.717, 1.165) is 0 Å². The van der Waals surface area contributed by atoms with E-state index in [0.29, 0.717) is 17.5 Å². The van der Waals surface area contributed by atoms with Gasteiger partial charge in [0.1, 0.15) is 11.9 Å². The van der Waals surface area contributed by atoms with E-state index in [-0.39, 0.29) is 25.3 Å². The van der Waals surface area contributed by atoms with Crippen LogP contribution in [0.5, 0.6) is 0 Å². The van der Waals surface area contributed by atoms with Gasteiger partial charge in [-0.15, -0.1) is 0 Å². The second-order valence-electron chi connectivity index (χ2n) is 4.78. The van der Waals surface area contributed by atoms with E-state index in [9.17, 15) is 18.8 Å². The van der Waals surface area contributed by atoms with Crippen LogP contribution in [-0.2, 0) is 20.9 Å². The van der Waals surface area contributed by atoms with E-state index < -0.39 is 17.8 Å². The Balaban J connectivity index is 2.19. The van der Waals surface area contributed by atoms with E-state index in [4.69, 9.17) is 0 Å². The summed E-state index contributed by atoms with van der Waals surface area (Å²) in [6.45, 7) is 1.75. The first-order chi connectivity index (χ1) is 9.52. The van der Waals surface area contributed by atoms with Crippen LogP contribution in [0, 0.1) is 12.7 Å². The quantitative estimate of drug-likeness (QED) is 0.657. The summed E-state index contributed by atoms with van der Waals surface area (Å²) in [5.41, 5.74) is 1.09. The first-order valence-corrected chi connectivity index (χ1v) is 6.31. The maximum Gasteiger partial charge on any atom is 0.249 e. The molecule has 20 heavy (non-hydrogen) atoms. The molecule has 0 aromatic heterocycles. The molecule has 1 aromatic rings. The summed E-state index contributed by atoms with van der Waals surface area (Å²) in [5.74, 6) is -1.27. The van der Waals surface area contributed by atoms with Crippen LogP contribution in [0.2, 0.25) is 0 Å². The van der Waals surface area contributed by atoms with Gasteiger partial charge in [-0.25, -0.2) is 4.39 Å². The largest absolute Gasteiger partial charge is 0.329 e. The van der Waals surface area contributed by atoms with Crippen LogP contribution >= 0.6 is 0 Å². The molecule has 0 saturated carbocycles. The fourth-order valence-corrected chi connectivity index (χ4v) is 2.27. The lowest BCUT2D eigenvalue weighted by atomic mass is 10.0. The average Bonchev–Trinajstić information content (AvgIpc) is 2.40. The molecule has 1 aromatic carbocycles. The molecule has 1 unspecified atom stereocenters. The third-order valence-electron chi connectivity index (χ3n) is 3.44. The summed E-state index contributed by atoms with van der Waals surface area (Å²) >= 11 is 0. The van der Waals surface area contributed by atoms with E-state index in [2.05, 4.69) is 5.32 Å². The minimum absolute atomic E-state index is 0.00822. The monoisotopic (exact) mass is 278 g/mol. The number of piperidine rings is 1. The third kappa shape index (κ3) is 2.84. The first-order valence-electron chi connectivity index (χ1n) is 6.31. The Labute approximate surface area is 115 Å². The molecule has 1 saturated heterocycles. The van der Waals surface area contributed by atoms with Gasteiger partial charge in [0.15, 0.2) is 0 Å². The van der Waals surface area contributed by atoms with Gasteiger partial charge in [0.25, 0.3) is 0 Å². The molecule has 1 aliphatic rings. The topological polar surface area (TPSA) is 66.5 Å². The molecule has 0 aliphatic carbocycles. The molecule has 106 valence electrons. The van der Waals surface area contributed by atoms with Gasteiger partial charge in [0, 0.05) is 18.5 Å². The lowest BCUT2D eigenvalue weighted by Gasteiger charge is -2.30. The second kappa shape index (κ2) is 5.81. The molecule has 2 rings (SSSR count). The molecule has 5 nitrogen and oxygen atoms in total. The van der Waals surface area contributed by atoms with Gasteiger partial charge in [-0.1, -0.05) is 12.1 Å². The van der Waals surface area contributed by atoms with Crippen LogP contribution in [0.3, 0.4) is 0 Å². The number of hydrogen-bond acceptors (Lipinski definition) is 3. The molecule has 1 aliphatic heterocycles. The predicted octanol–water partition coefficient (Wildman–Crippen LogP) is 0.898. The third-order valence-corrected chi connectivity index (χ3v) is 3.44. The van der Waals surface area contributed by atoms with Crippen LogP contribution < -0.4 is 5.32 Å². The van der Waals surface area contributed by atoms with Gasteiger partial charge in [-0.2, -0.15) is 0 Å². The van der Waals surface area contributed by atoms with Crippen molar-refractivity contribution in [3.63, 3.8) is 0 Å². The van der Waals surface area contributed by atoms with Crippen LogP contribution in [0.15, 0.2) is 18.2 Å². The fourth-order valence-electron chi connectivity index (χ4n) is 2.27. The number of carbonyl (C=O) groups is 3. The number of hydrogen-bond donors (Lipinski definition) is 1. The van der Waals surface area contributed by atoms with Gasteiger partial charge in [-0.3, -0.25) is 19.7 Å². The second-order valence-corrected chi connectivity index (χ2v) is 4.78. The standard InChI is InChI=1S/C14H15FN2O3/c1-9-3-2-4-11(15)10(9)7-17(8-18)12-5-6-13(19)16-14(12)20/h2-4,8,12H,5-7H2,1H3,(H,16,19,20). The number of halogens is 1. The minimum Gasteiger partial charge on any atom is -0.329 e. The molecule has 0 bridgehead atoms. The van der Waals surface area contributed by atoms with Gasteiger partial charge < -0.3 is 4.90 Å². The highest BCUT2D eigenvalue weighted by Crippen LogP contribution is 2.18. The van der Waals surface area contributed by atoms with Gasteiger partial charge in [-0.05, 0) is 25.0 Å².